The number of allylic oxidation sites excluding steroid dienone is 2. The van der Waals surface area contributed by atoms with Crippen molar-refractivity contribution in [3.8, 4) is 11.5 Å². The third kappa shape index (κ3) is 9.87. The number of primary amides is 1. The van der Waals surface area contributed by atoms with Crippen molar-refractivity contribution in [2.45, 2.75) is 72.8 Å². The molecule has 9 rings (SSSR count). The topological polar surface area (TPSA) is 287 Å². The van der Waals surface area contributed by atoms with Gasteiger partial charge in [-0.2, -0.15) is 15.4 Å². The van der Waals surface area contributed by atoms with Gasteiger partial charge in [-0.3, -0.25) is 44.1 Å². The summed E-state index contributed by atoms with van der Waals surface area (Å²) in [6.45, 7) is 11.3. The molecular weight excluding hydrogens is 891 g/mol. The molecule has 1 saturated heterocycles. The first-order valence-electron chi connectivity index (χ1n) is 22.8. The fraction of sp³-hybridized carbons (Fsp3) is 0.400. The molecule has 0 bridgehead atoms. The monoisotopic (exact) mass is 943 g/mol. The molecule has 1 fully saturated rings. The molecule has 2 aromatic carbocycles. The largest absolute Gasteiger partial charge is 0.490 e. The van der Waals surface area contributed by atoms with Crippen LogP contribution in [0.2, 0.25) is 0 Å². The van der Waals surface area contributed by atoms with Gasteiger partial charge < -0.3 is 34.4 Å². The average Bonchev–Trinajstić information content (AvgIpc) is 4.20. The first-order chi connectivity index (χ1) is 33.5. The molecule has 0 spiro atoms. The van der Waals surface area contributed by atoms with Crippen LogP contribution in [0.15, 0.2) is 48.6 Å². The minimum Gasteiger partial charge on any atom is -0.490 e. The van der Waals surface area contributed by atoms with Gasteiger partial charge in [-0.05, 0) is 70.5 Å². The highest BCUT2D eigenvalue weighted by Gasteiger charge is 2.28. The number of tetrazole rings is 1. The van der Waals surface area contributed by atoms with Crippen molar-refractivity contribution in [3.63, 3.8) is 0 Å². The number of imidazole rings is 2. The molecule has 7 aromatic rings. The van der Waals surface area contributed by atoms with E-state index in [-0.39, 0.29) is 55.2 Å². The van der Waals surface area contributed by atoms with Crippen LogP contribution >= 0.6 is 0 Å². The van der Waals surface area contributed by atoms with E-state index in [1.54, 1.807) is 50.3 Å². The van der Waals surface area contributed by atoms with Crippen LogP contribution in [-0.4, -0.2) is 140 Å². The zero-order valence-electron chi connectivity index (χ0n) is 38.7. The number of hydrogen-bond acceptors (Lipinski definition) is 15. The summed E-state index contributed by atoms with van der Waals surface area (Å²) in [5.74, 6) is -0.318. The first kappa shape index (κ1) is 46.1. The SMILES string of the molecule is CCn1nc(C)cc1C(=O)Nc1nc2cc(C(N)=O)cc3c2n1C/C=C/Cn1c(NC(=O)c2cc(C)nn2CC)nc2cc(C(=O)NCCCc4nn[nH]n4)cc(c21)OCC(N1CCOCC1)CO3. The lowest BCUT2D eigenvalue weighted by Crippen LogP contribution is -2.49. The van der Waals surface area contributed by atoms with Crippen molar-refractivity contribution in [1.82, 2.24) is 69.5 Å². The number of aromatic nitrogens is 12. The van der Waals surface area contributed by atoms with Crippen LogP contribution in [0.4, 0.5) is 11.9 Å². The number of aromatic amines is 1. The number of nitrogens with zero attached hydrogens (tertiary/aromatic N) is 12. The Kier molecular flexibility index (Phi) is 13.4. The number of anilines is 2. The van der Waals surface area contributed by atoms with Crippen LogP contribution in [0.5, 0.6) is 11.5 Å². The molecule has 24 nitrogen and oxygen atoms in total. The van der Waals surface area contributed by atoms with E-state index in [1.165, 1.54) is 0 Å². The summed E-state index contributed by atoms with van der Waals surface area (Å²) in [5, 5.41) is 31.9. The average molecular weight is 944 g/mol. The summed E-state index contributed by atoms with van der Waals surface area (Å²) in [6, 6.07) is 9.50. The summed E-state index contributed by atoms with van der Waals surface area (Å²) in [7, 11) is 0. The van der Waals surface area contributed by atoms with Crippen LogP contribution < -0.4 is 31.2 Å². The van der Waals surface area contributed by atoms with E-state index in [0.717, 1.165) is 0 Å². The summed E-state index contributed by atoms with van der Waals surface area (Å²) in [5.41, 5.74) is 10.2. The van der Waals surface area contributed by atoms with Gasteiger partial charge in [-0.1, -0.05) is 17.4 Å². The van der Waals surface area contributed by atoms with Gasteiger partial charge in [0.05, 0.1) is 41.7 Å². The molecule has 360 valence electrons. The lowest BCUT2D eigenvalue weighted by Gasteiger charge is -2.34. The fourth-order valence-corrected chi connectivity index (χ4v) is 8.54. The zero-order valence-corrected chi connectivity index (χ0v) is 38.7. The third-order valence-electron chi connectivity index (χ3n) is 11.9. The second kappa shape index (κ2) is 20.1. The normalized spacial score (nSPS) is 16.0. The van der Waals surface area contributed by atoms with Crippen molar-refractivity contribution >= 4 is 57.6 Å². The minimum atomic E-state index is -0.685. The minimum absolute atomic E-state index is 0.0732. The van der Waals surface area contributed by atoms with E-state index in [1.807, 2.05) is 44.4 Å². The maximum atomic E-state index is 14.0. The van der Waals surface area contributed by atoms with Crippen LogP contribution in [0.3, 0.4) is 0 Å². The van der Waals surface area contributed by atoms with Gasteiger partial charge >= 0.3 is 0 Å². The third-order valence-corrected chi connectivity index (χ3v) is 11.9. The van der Waals surface area contributed by atoms with Crippen LogP contribution in [0.1, 0.15) is 79.2 Å². The zero-order chi connectivity index (χ0) is 48.2. The molecule has 0 aliphatic carbocycles. The molecule has 1 atom stereocenters. The van der Waals surface area contributed by atoms with Crippen LogP contribution in [-0.2, 0) is 37.3 Å². The number of rotatable bonds is 13. The molecule has 7 heterocycles. The van der Waals surface area contributed by atoms with E-state index in [2.05, 4.69) is 51.7 Å². The molecule has 2 aliphatic heterocycles. The van der Waals surface area contributed by atoms with Gasteiger partial charge in [0.25, 0.3) is 17.7 Å². The smallest absolute Gasteiger partial charge is 0.276 e. The van der Waals surface area contributed by atoms with E-state index in [0.29, 0.717) is 121 Å². The molecule has 69 heavy (non-hydrogen) atoms. The second-order valence-corrected chi connectivity index (χ2v) is 16.6. The molecule has 2 aliphatic rings. The maximum Gasteiger partial charge on any atom is 0.276 e. The lowest BCUT2D eigenvalue weighted by molar-refractivity contribution is -0.00548. The summed E-state index contributed by atoms with van der Waals surface area (Å²) in [6.07, 6.45) is 4.83. The lowest BCUT2D eigenvalue weighted by atomic mass is 10.1. The predicted octanol–water partition coefficient (Wildman–Crippen LogP) is 2.64. The number of ether oxygens (including phenoxy) is 3. The molecule has 6 N–H and O–H groups in total. The van der Waals surface area contributed by atoms with Crippen molar-refractivity contribution in [3.05, 3.63) is 88.3 Å². The highest BCUT2D eigenvalue weighted by molar-refractivity contribution is 6.05. The summed E-state index contributed by atoms with van der Waals surface area (Å²) in [4.78, 5) is 66.6. The quantitative estimate of drug-likeness (QED) is 0.0821. The van der Waals surface area contributed by atoms with E-state index < -0.39 is 23.8 Å². The molecule has 0 radical (unpaired) electrons. The highest BCUT2D eigenvalue weighted by atomic mass is 16.5. The highest BCUT2D eigenvalue weighted by Crippen LogP contribution is 2.34. The molecule has 1 unspecified atom stereocenters. The number of nitrogens with one attached hydrogen (secondary N) is 4. The van der Waals surface area contributed by atoms with Crippen molar-refractivity contribution in [1.29, 1.82) is 0 Å². The van der Waals surface area contributed by atoms with Gasteiger partial charge in [-0.15, -0.1) is 10.2 Å². The first-order valence-corrected chi connectivity index (χ1v) is 22.8. The van der Waals surface area contributed by atoms with E-state index in [9.17, 15) is 19.2 Å². The van der Waals surface area contributed by atoms with Crippen molar-refractivity contribution in [2.75, 3.05) is 56.7 Å². The molecule has 0 saturated carbocycles. The number of benzene rings is 2. The number of morpholine rings is 1. The summed E-state index contributed by atoms with van der Waals surface area (Å²) < 4.78 is 26.1. The fourth-order valence-electron chi connectivity index (χ4n) is 8.54. The maximum absolute atomic E-state index is 14.0. The van der Waals surface area contributed by atoms with Gasteiger partial charge in [0.2, 0.25) is 17.8 Å². The Morgan fingerprint density at radius 2 is 1.30 bits per heavy atom. The Balaban J connectivity index is 1.14. The van der Waals surface area contributed by atoms with Crippen molar-refractivity contribution < 1.29 is 33.4 Å². The number of amides is 4. The number of carbonyl (C=O) groups excluding carboxylic acids is 4. The van der Waals surface area contributed by atoms with Crippen LogP contribution in [0.25, 0.3) is 22.1 Å². The van der Waals surface area contributed by atoms with E-state index >= 15 is 0 Å². The Bertz CT molecular complexity index is 3070. The standard InChI is InChI=1S/C45H53N17O7/c1-5-61-33(18-26(3)54-61)42(65)50-44-48-31-20-28(40(46)63)22-35-38(31)59(44)12-7-8-13-60-39-32(49-45(60)51-43(66)34-19-27(4)55-62(34)6-2)21-29(41(64)47-11-9-10-37-52-56-57-53-37)23-36(39)69-25-30(24-68-35)58-14-16-67-17-15-58/h7-8,18-23,30H,5-6,9-17,24-25H2,1-4H3,(H2,46,63)(H,47,64)(H,48,50,65)(H,49,51,66)(H,52,53,56,57)/b8-7+. The van der Waals surface area contributed by atoms with Gasteiger partial charge in [-0.25, -0.2) is 9.97 Å². The Labute approximate surface area is 394 Å². The van der Waals surface area contributed by atoms with Crippen LogP contribution in [0, 0.1) is 13.8 Å². The summed E-state index contributed by atoms with van der Waals surface area (Å²) >= 11 is 0. The molecule has 24 heteroatoms. The molecular formula is C45H53N17O7. The van der Waals surface area contributed by atoms with Gasteiger partial charge in [0.15, 0.2) is 5.82 Å². The second-order valence-electron chi connectivity index (χ2n) is 16.6. The van der Waals surface area contributed by atoms with Gasteiger partial charge in [0.1, 0.15) is 47.1 Å². The van der Waals surface area contributed by atoms with Crippen molar-refractivity contribution in [2.24, 2.45) is 5.73 Å². The number of carbonyl (C=O) groups is 4. The molecule has 5 aromatic heterocycles. The Morgan fingerprint density at radius 3 is 1.83 bits per heavy atom. The number of hydrogen-bond donors (Lipinski definition) is 5. The predicted molar refractivity (Wildman–Crippen MR) is 250 cm³/mol. The number of aryl methyl sites for hydroxylation is 5. The number of H-pyrrole nitrogens is 1. The van der Waals surface area contributed by atoms with E-state index in [4.69, 9.17) is 29.9 Å². The Morgan fingerprint density at radius 1 is 0.754 bits per heavy atom. The van der Waals surface area contributed by atoms with Gasteiger partial charge in [0, 0.05) is 63.4 Å². The number of nitrogens with two attached hydrogens (primary N) is 1. The molecule has 4 amide bonds. The Hall–Kier alpha value is -7.99.